The van der Waals surface area contributed by atoms with Crippen LogP contribution in [-0.4, -0.2) is 42.4 Å². The summed E-state index contributed by atoms with van der Waals surface area (Å²) in [6, 6.07) is -1.63. The first-order valence-corrected chi connectivity index (χ1v) is 6.90. The van der Waals surface area contributed by atoms with E-state index in [-0.39, 0.29) is 25.4 Å². The summed E-state index contributed by atoms with van der Waals surface area (Å²) in [5.74, 6) is -2.43. The van der Waals surface area contributed by atoms with Crippen LogP contribution in [0.2, 0.25) is 0 Å². The Morgan fingerprint density at radius 1 is 1.48 bits per heavy atom. The van der Waals surface area contributed by atoms with Crippen molar-refractivity contribution in [1.29, 1.82) is 0 Å². The quantitative estimate of drug-likeness (QED) is 0.510. The fourth-order valence-electron chi connectivity index (χ4n) is 2.06. The highest BCUT2D eigenvalue weighted by atomic mass is 16.5. The van der Waals surface area contributed by atoms with E-state index in [0.29, 0.717) is 6.42 Å². The SMILES string of the molecule is CCOC(=O)[C@H](C)C[C@@H](NC(=O)[C@@H]1CCC(=O)N1)C(N)=O. The molecule has 4 N–H and O–H groups in total. The normalized spacial score (nSPS) is 20.3. The predicted molar refractivity (Wildman–Crippen MR) is 72.7 cm³/mol. The van der Waals surface area contributed by atoms with Crippen molar-refractivity contribution in [1.82, 2.24) is 10.6 Å². The smallest absolute Gasteiger partial charge is 0.308 e. The summed E-state index contributed by atoms with van der Waals surface area (Å²) in [6.45, 7) is 3.52. The first-order chi connectivity index (χ1) is 9.85. The maximum absolute atomic E-state index is 11.9. The van der Waals surface area contributed by atoms with Gasteiger partial charge in [-0.15, -0.1) is 0 Å². The molecule has 3 atom stereocenters. The summed E-state index contributed by atoms with van der Waals surface area (Å²) in [4.78, 5) is 45.9. The van der Waals surface area contributed by atoms with Crippen molar-refractivity contribution in [2.45, 2.75) is 45.2 Å². The van der Waals surface area contributed by atoms with E-state index in [0.717, 1.165) is 0 Å². The van der Waals surface area contributed by atoms with Gasteiger partial charge in [-0.1, -0.05) is 6.92 Å². The zero-order valence-electron chi connectivity index (χ0n) is 12.2. The van der Waals surface area contributed by atoms with Crippen LogP contribution < -0.4 is 16.4 Å². The van der Waals surface area contributed by atoms with Crippen molar-refractivity contribution in [3.8, 4) is 0 Å². The number of hydrogen-bond donors (Lipinski definition) is 3. The highest BCUT2D eigenvalue weighted by Crippen LogP contribution is 2.11. The lowest BCUT2D eigenvalue weighted by atomic mass is 10.0. The van der Waals surface area contributed by atoms with Crippen LogP contribution in [0.5, 0.6) is 0 Å². The molecular formula is C13H21N3O5. The molecule has 0 spiro atoms. The first-order valence-electron chi connectivity index (χ1n) is 6.90. The van der Waals surface area contributed by atoms with Crippen molar-refractivity contribution >= 4 is 23.7 Å². The number of nitrogens with two attached hydrogens (primary N) is 1. The lowest BCUT2D eigenvalue weighted by Crippen LogP contribution is -2.51. The van der Waals surface area contributed by atoms with E-state index in [2.05, 4.69) is 10.6 Å². The van der Waals surface area contributed by atoms with E-state index in [9.17, 15) is 19.2 Å². The number of primary amides is 1. The van der Waals surface area contributed by atoms with Crippen molar-refractivity contribution in [2.75, 3.05) is 6.61 Å². The Morgan fingerprint density at radius 2 is 2.14 bits per heavy atom. The zero-order valence-corrected chi connectivity index (χ0v) is 12.2. The van der Waals surface area contributed by atoms with Gasteiger partial charge in [0.1, 0.15) is 12.1 Å². The number of nitrogens with one attached hydrogen (secondary N) is 2. The van der Waals surface area contributed by atoms with Crippen LogP contribution in [0.15, 0.2) is 0 Å². The van der Waals surface area contributed by atoms with Crippen LogP contribution in [0.4, 0.5) is 0 Å². The van der Waals surface area contributed by atoms with E-state index < -0.39 is 35.8 Å². The third kappa shape index (κ3) is 5.05. The molecule has 0 radical (unpaired) electrons. The standard InChI is InChI=1S/C13H21N3O5/c1-3-21-13(20)7(2)6-9(11(14)18)16-12(19)8-4-5-10(17)15-8/h7-9H,3-6H2,1-2H3,(H2,14,18)(H,15,17)(H,16,19)/t7-,8+,9-/m1/s1. The maximum Gasteiger partial charge on any atom is 0.308 e. The molecule has 8 heteroatoms. The van der Waals surface area contributed by atoms with E-state index in [1.54, 1.807) is 13.8 Å². The molecule has 1 heterocycles. The zero-order chi connectivity index (χ0) is 16.0. The average molecular weight is 299 g/mol. The summed E-state index contributed by atoms with van der Waals surface area (Å²) in [6.07, 6.45) is 0.711. The van der Waals surface area contributed by atoms with Crippen LogP contribution >= 0.6 is 0 Å². The Bertz CT molecular complexity index is 438. The molecule has 8 nitrogen and oxygen atoms in total. The molecule has 0 aromatic carbocycles. The highest BCUT2D eigenvalue weighted by molar-refractivity contribution is 5.93. The van der Waals surface area contributed by atoms with Gasteiger partial charge in [0.05, 0.1) is 12.5 Å². The molecule has 0 aromatic heterocycles. The van der Waals surface area contributed by atoms with Crippen molar-refractivity contribution in [3.63, 3.8) is 0 Å². The molecule has 3 amide bonds. The Hall–Kier alpha value is -2.12. The molecule has 1 rings (SSSR count). The Kier molecular flexibility index (Phi) is 6.13. The van der Waals surface area contributed by atoms with Crippen LogP contribution in [0.3, 0.4) is 0 Å². The highest BCUT2D eigenvalue weighted by Gasteiger charge is 2.31. The van der Waals surface area contributed by atoms with Gasteiger partial charge in [0.2, 0.25) is 17.7 Å². The van der Waals surface area contributed by atoms with Crippen molar-refractivity contribution < 1.29 is 23.9 Å². The molecule has 0 saturated carbocycles. The van der Waals surface area contributed by atoms with Gasteiger partial charge in [0.25, 0.3) is 0 Å². The number of carbonyl (C=O) groups excluding carboxylic acids is 4. The van der Waals surface area contributed by atoms with Gasteiger partial charge < -0.3 is 21.1 Å². The van der Waals surface area contributed by atoms with Gasteiger partial charge in [-0.3, -0.25) is 19.2 Å². The number of carbonyl (C=O) groups is 4. The molecule has 1 aliphatic rings. The van der Waals surface area contributed by atoms with Gasteiger partial charge in [0, 0.05) is 6.42 Å². The summed E-state index contributed by atoms with van der Waals surface area (Å²) in [5, 5.41) is 4.97. The molecule has 0 unspecified atom stereocenters. The molecule has 0 aliphatic carbocycles. The fourth-order valence-corrected chi connectivity index (χ4v) is 2.06. The topological polar surface area (TPSA) is 128 Å². The molecular weight excluding hydrogens is 278 g/mol. The second-order valence-corrected chi connectivity index (χ2v) is 5.01. The van der Waals surface area contributed by atoms with E-state index in [1.807, 2.05) is 0 Å². The predicted octanol–water partition coefficient (Wildman–Crippen LogP) is -1.18. The van der Waals surface area contributed by atoms with Crippen molar-refractivity contribution in [3.05, 3.63) is 0 Å². The third-order valence-corrected chi connectivity index (χ3v) is 3.25. The lowest BCUT2D eigenvalue weighted by molar-refractivity contribution is -0.148. The molecule has 0 bridgehead atoms. The van der Waals surface area contributed by atoms with Crippen LogP contribution in [0, 0.1) is 5.92 Å². The molecule has 0 aromatic rings. The molecule has 1 aliphatic heterocycles. The Labute approximate surface area is 122 Å². The van der Waals surface area contributed by atoms with Gasteiger partial charge in [0.15, 0.2) is 0 Å². The maximum atomic E-state index is 11.9. The van der Waals surface area contributed by atoms with E-state index in [4.69, 9.17) is 10.5 Å². The number of esters is 1. The van der Waals surface area contributed by atoms with Crippen LogP contribution in [0.1, 0.15) is 33.1 Å². The average Bonchev–Trinajstić information content (AvgIpc) is 2.84. The van der Waals surface area contributed by atoms with Crippen LogP contribution in [0.25, 0.3) is 0 Å². The molecule has 21 heavy (non-hydrogen) atoms. The largest absolute Gasteiger partial charge is 0.466 e. The number of amides is 3. The Morgan fingerprint density at radius 3 is 2.62 bits per heavy atom. The van der Waals surface area contributed by atoms with Gasteiger partial charge in [-0.25, -0.2) is 0 Å². The monoisotopic (exact) mass is 299 g/mol. The number of hydrogen-bond acceptors (Lipinski definition) is 5. The number of ether oxygens (including phenoxy) is 1. The molecule has 1 fully saturated rings. The summed E-state index contributed by atoms with van der Waals surface area (Å²) in [7, 11) is 0. The second-order valence-electron chi connectivity index (χ2n) is 5.01. The molecule has 1 saturated heterocycles. The van der Waals surface area contributed by atoms with E-state index in [1.165, 1.54) is 0 Å². The summed E-state index contributed by atoms with van der Waals surface area (Å²) < 4.78 is 4.84. The van der Waals surface area contributed by atoms with E-state index >= 15 is 0 Å². The second kappa shape index (κ2) is 7.61. The minimum Gasteiger partial charge on any atom is -0.466 e. The van der Waals surface area contributed by atoms with Crippen molar-refractivity contribution in [2.24, 2.45) is 11.7 Å². The molecule has 118 valence electrons. The summed E-state index contributed by atoms with van der Waals surface area (Å²) in [5.41, 5.74) is 5.24. The summed E-state index contributed by atoms with van der Waals surface area (Å²) >= 11 is 0. The minimum atomic E-state index is -0.977. The number of rotatable bonds is 7. The van der Waals surface area contributed by atoms with Gasteiger partial charge in [-0.2, -0.15) is 0 Å². The van der Waals surface area contributed by atoms with Gasteiger partial charge >= 0.3 is 5.97 Å². The lowest BCUT2D eigenvalue weighted by Gasteiger charge is -2.20. The fraction of sp³-hybridized carbons (Fsp3) is 0.692. The first kappa shape index (κ1) is 16.9. The van der Waals surface area contributed by atoms with Crippen LogP contribution in [-0.2, 0) is 23.9 Å². The minimum absolute atomic E-state index is 0.0561. The third-order valence-electron chi connectivity index (χ3n) is 3.25. The van der Waals surface area contributed by atoms with Gasteiger partial charge in [-0.05, 0) is 19.8 Å². The Balaban J connectivity index is 2.57.